The molecule has 6 heteroatoms. The topological polar surface area (TPSA) is 93.5 Å². The predicted octanol–water partition coefficient (Wildman–Crippen LogP) is 0.916. The zero-order chi connectivity index (χ0) is 13.6. The number of rotatable bonds is 3. The van der Waals surface area contributed by atoms with E-state index >= 15 is 0 Å². The molecule has 100 valence electrons. The molecule has 0 spiro atoms. The molecule has 0 aromatic rings. The van der Waals surface area contributed by atoms with Crippen LogP contribution in [-0.2, 0) is 9.53 Å². The van der Waals surface area contributed by atoms with E-state index in [4.69, 9.17) is 10.5 Å². The number of hydrazine groups is 1. The Balaban J connectivity index is 3.96. The van der Waals surface area contributed by atoms with E-state index in [0.717, 1.165) is 0 Å². The van der Waals surface area contributed by atoms with Crippen molar-refractivity contribution in [1.82, 2.24) is 10.9 Å². The van der Waals surface area contributed by atoms with E-state index in [1.54, 1.807) is 20.8 Å². The molecule has 0 heterocycles. The minimum absolute atomic E-state index is 0.317. The van der Waals surface area contributed by atoms with E-state index in [9.17, 15) is 9.59 Å². The maximum atomic E-state index is 11.4. The SMILES string of the molecule is CC(C)CC(N)C(=O)NNC(=O)OC(C)(C)C. The zero-order valence-electron chi connectivity index (χ0n) is 11.2. The first-order valence-electron chi connectivity index (χ1n) is 5.66. The van der Waals surface area contributed by atoms with Gasteiger partial charge in [-0.1, -0.05) is 13.8 Å². The number of carbonyl (C=O) groups is 2. The molecule has 1 atom stereocenters. The number of hydrogen-bond acceptors (Lipinski definition) is 4. The van der Waals surface area contributed by atoms with Crippen molar-refractivity contribution in [2.24, 2.45) is 11.7 Å². The number of hydrogen-bond donors (Lipinski definition) is 3. The van der Waals surface area contributed by atoms with Gasteiger partial charge in [0, 0.05) is 0 Å². The molecule has 6 nitrogen and oxygen atoms in total. The van der Waals surface area contributed by atoms with Crippen LogP contribution in [0, 0.1) is 5.92 Å². The molecule has 0 aliphatic heterocycles. The van der Waals surface area contributed by atoms with Crippen molar-refractivity contribution in [3.8, 4) is 0 Å². The Kier molecular flexibility index (Phi) is 5.95. The average molecular weight is 245 g/mol. The highest BCUT2D eigenvalue weighted by atomic mass is 16.6. The Bertz CT molecular complexity index is 272. The maximum Gasteiger partial charge on any atom is 0.426 e. The standard InChI is InChI=1S/C11H23N3O3/c1-7(2)6-8(12)9(15)13-14-10(16)17-11(3,4)5/h7-8H,6,12H2,1-5H3,(H,13,15)(H,14,16). The lowest BCUT2D eigenvalue weighted by atomic mass is 10.0. The van der Waals surface area contributed by atoms with Gasteiger partial charge in [0.25, 0.3) is 5.91 Å². The van der Waals surface area contributed by atoms with Crippen molar-refractivity contribution in [2.45, 2.75) is 52.7 Å². The minimum atomic E-state index is -0.706. The van der Waals surface area contributed by atoms with Gasteiger partial charge < -0.3 is 10.5 Å². The lowest BCUT2D eigenvalue weighted by Gasteiger charge is -2.20. The molecule has 0 saturated carbocycles. The summed E-state index contributed by atoms with van der Waals surface area (Å²) in [5.74, 6) is -0.109. The van der Waals surface area contributed by atoms with Gasteiger partial charge in [0.15, 0.2) is 0 Å². The van der Waals surface area contributed by atoms with Crippen molar-refractivity contribution in [1.29, 1.82) is 0 Å². The van der Waals surface area contributed by atoms with Crippen molar-refractivity contribution >= 4 is 12.0 Å². The summed E-state index contributed by atoms with van der Waals surface area (Å²) in [4.78, 5) is 22.7. The lowest BCUT2D eigenvalue weighted by molar-refractivity contribution is -0.123. The molecular weight excluding hydrogens is 222 g/mol. The molecule has 0 bridgehead atoms. The molecule has 1 unspecified atom stereocenters. The Morgan fingerprint density at radius 2 is 1.76 bits per heavy atom. The smallest absolute Gasteiger partial charge is 0.426 e. The lowest BCUT2D eigenvalue weighted by Crippen LogP contribution is -2.50. The van der Waals surface area contributed by atoms with E-state index in [1.807, 2.05) is 13.8 Å². The second-order valence-corrected chi connectivity index (χ2v) is 5.35. The molecule has 0 aliphatic rings. The predicted molar refractivity (Wildman–Crippen MR) is 64.9 cm³/mol. The summed E-state index contributed by atoms with van der Waals surface area (Å²) >= 11 is 0. The van der Waals surface area contributed by atoms with E-state index < -0.39 is 23.6 Å². The van der Waals surface area contributed by atoms with Crippen LogP contribution in [0.2, 0.25) is 0 Å². The zero-order valence-corrected chi connectivity index (χ0v) is 11.2. The van der Waals surface area contributed by atoms with Crippen LogP contribution in [0.4, 0.5) is 4.79 Å². The van der Waals surface area contributed by atoms with Gasteiger partial charge in [0.1, 0.15) is 5.60 Å². The first kappa shape index (κ1) is 15.7. The van der Waals surface area contributed by atoms with Crippen LogP contribution in [0.5, 0.6) is 0 Å². The molecule has 17 heavy (non-hydrogen) atoms. The van der Waals surface area contributed by atoms with Gasteiger partial charge in [-0.05, 0) is 33.1 Å². The van der Waals surface area contributed by atoms with Crippen molar-refractivity contribution in [2.75, 3.05) is 0 Å². The van der Waals surface area contributed by atoms with Crippen LogP contribution in [-0.4, -0.2) is 23.6 Å². The first-order chi connectivity index (χ1) is 7.61. The fraction of sp³-hybridized carbons (Fsp3) is 0.818. The quantitative estimate of drug-likeness (QED) is 0.644. The molecule has 2 amide bonds. The molecule has 0 rings (SSSR count). The molecule has 0 aromatic carbocycles. The van der Waals surface area contributed by atoms with Crippen LogP contribution in [0.3, 0.4) is 0 Å². The third-order valence-corrected chi connectivity index (χ3v) is 1.75. The number of ether oxygens (including phenoxy) is 1. The van der Waals surface area contributed by atoms with Crippen LogP contribution in [0.25, 0.3) is 0 Å². The summed E-state index contributed by atoms with van der Waals surface area (Å²) in [6.07, 6.45) is -0.149. The van der Waals surface area contributed by atoms with E-state index in [1.165, 1.54) is 0 Å². The van der Waals surface area contributed by atoms with Crippen molar-refractivity contribution in [3.05, 3.63) is 0 Å². The normalized spacial score (nSPS) is 13.1. The molecule has 0 radical (unpaired) electrons. The Hall–Kier alpha value is -1.30. The van der Waals surface area contributed by atoms with Gasteiger partial charge in [-0.15, -0.1) is 0 Å². The fourth-order valence-electron chi connectivity index (χ4n) is 1.12. The highest BCUT2D eigenvalue weighted by Gasteiger charge is 2.18. The molecule has 0 fully saturated rings. The number of amides is 2. The summed E-state index contributed by atoms with van der Waals surface area (Å²) in [6, 6.07) is -0.634. The summed E-state index contributed by atoms with van der Waals surface area (Å²) in [7, 11) is 0. The van der Waals surface area contributed by atoms with Crippen LogP contribution in [0.15, 0.2) is 0 Å². The van der Waals surface area contributed by atoms with E-state index in [2.05, 4.69) is 10.9 Å². The fourth-order valence-corrected chi connectivity index (χ4v) is 1.12. The van der Waals surface area contributed by atoms with Gasteiger partial charge >= 0.3 is 6.09 Å². The molecule has 4 N–H and O–H groups in total. The molecule has 0 aliphatic carbocycles. The van der Waals surface area contributed by atoms with Gasteiger partial charge in [0.05, 0.1) is 6.04 Å². The molecule has 0 aromatic heterocycles. The third kappa shape index (κ3) is 8.50. The summed E-state index contributed by atoms with van der Waals surface area (Å²) in [5, 5.41) is 0. The highest BCUT2D eigenvalue weighted by Crippen LogP contribution is 2.06. The van der Waals surface area contributed by atoms with Crippen LogP contribution in [0.1, 0.15) is 41.0 Å². The van der Waals surface area contributed by atoms with Crippen molar-refractivity contribution in [3.63, 3.8) is 0 Å². The minimum Gasteiger partial charge on any atom is -0.443 e. The van der Waals surface area contributed by atoms with Gasteiger partial charge in [-0.25, -0.2) is 10.2 Å². The summed E-state index contributed by atoms with van der Waals surface area (Å²) < 4.78 is 4.94. The average Bonchev–Trinajstić information content (AvgIpc) is 2.10. The summed E-state index contributed by atoms with van der Waals surface area (Å²) in [6.45, 7) is 9.14. The third-order valence-electron chi connectivity index (χ3n) is 1.75. The van der Waals surface area contributed by atoms with Gasteiger partial charge in [0.2, 0.25) is 0 Å². The van der Waals surface area contributed by atoms with Crippen molar-refractivity contribution < 1.29 is 14.3 Å². The number of nitrogens with one attached hydrogen (secondary N) is 2. The van der Waals surface area contributed by atoms with Crippen LogP contribution < -0.4 is 16.6 Å². The van der Waals surface area contributed by atoms with Crippen LogP contribution >= 0.6 is 0 Å². The Morgan fingerprint density at radius 3 is 2.18 bits per heavy atom. The van der Waals surface area contributed by atoms with E-state index in [-0.39, 0.29) is 0 Å². The Morgan fingerprint density at radius 1 is 1.24 bits per heavy atom. The number of carbonyl (C=O) groups excluding carboxylic acids is 2. The largest absolute Gasteiger partial charge is 0.443 e. The van der Waals surface area contributed by atoms with E-state index in [0.29, 0.717) is 12.3 Å². The second kappa shape index (κ2) is 6.44. The Labute approximate surface area is 102 Å². The maximum absolute atomic E-state index is 11.4. The number of nitrogens with two attached hydrogens (primary N) is 1. The van der Waals surface area contributed by atoms with Gasteiger partial charge in [-0.3, -0.25) is 10.2 Å². The highest BCUT2D eigenvalue weighted by molar-refractivity contribution is 5.83. The molecule has 0 saturated heterocycles. The molecular formula is C11H23N3O3. The monoisotopic (exact) mass is 245 g/mol. The summed E-state index contributed by atoms with van der Waals surface area (Å²) in [5.41, 5.74) is 9.40. The van der Waals surface area contributed by atoms with Gasteiger partial charge in [-0.2, -0.15) is 0 Å². The second-order valence-electron chi connectivity index (χ2n) is 5.35. The first-order valence-corrected chi connectivity index (χ1v) is 5.66.